The van der Waals surface area contributed by atoms with E-state index in [0.717, 1.165) is 0 Å². The molecule has 0 fully saturated rings. The number of nitrogens with zero attached hydrogens (tertiary/aromatic N) is 1. The predicted molar refractivity (Wildman–Crippen MR) is 59.6 cm³/mol. The van der Waals surface area contributed by atoms with Crippen molar-refractivity contribution in [2.75, 3.05) is 0 Å². The molecule has 2 rings (SSSR count). The standard InChI is InChI=1S/C9H9FN4S/c10-6-4-2-1-3-5(6)7-12-8(11)14-9(15)13-7/h1-4,7H,(H4,11,12,13,14,15). The minimum Gasteiger partial charge on any atom is -0.370 e. The zero-order chi connectivity index (χ0) is 10.8. The second-order valence-corrected chi connectivity index (χ2v) is 3.45. The van der Waals surface area contributed by atoms with E-state index >= 15 is 0 Å². The smallest absolute Gasteiger partial charge is 0.197 e. The summed E-state index contributed by atoms with van der Waals surface area (Å²) in [6, 6.07) is 6.35. The quantitative estimate of drug-likeness (QED) is 0.612. The van der Waals surface area contributed by atoms with Crippen LogP contribution in [0.15, 0.2) is 29.3 Å². The van der Waals surface area contributed by atoms with Crippen LogP contribution in [-0.4, -0.2) is 11.1 Å². The Bertz CT molecular complexity index is 432. The van der Waals surface area contributed by atoms with Crippen molar-refractivity contribution in [3.05, 3.63) is 35.6 Å². The molecule has 0 saturated carbocycles. The van der Waals surface area contributed by atoms with Gasteiger partial charge in [-0.1, -0.05) is 18.2 Å². The molecule has 0 amide bonds. The predicted octanol–water partition coefficient (Wildman–Crippen LogP) is 0.617. The first-order valence-electron chi connectivity index (χ1n) is 4.32. The Balaban J connectivity index is 2.36. The Hall–Kier alpha value is -1.69. The summed E-state index contributed by atoms with van der Waals surface area (Å²) in [4.78, 5) is 4.01. The van der Waals surface area contributed by atoms with E-state index in [4.69, 9.17) is 18.0 Å². The maximum Gasteiger partial charge on any atom is 0.197 e. The van der Waals surface area contributed by atoms with Gasteiger partial charge in [0, 0.05) is 5.56 Å². The molecule has 0 aliphatic carbocycles. The van der Waals surface area contributed by atoms with E-state index in [1.54, 1.807) is 18.2 Å². The summed E-state index contributed by atoms with van der Waals surface area (Å²) in [5.41, 5.74) is 5.91. The van der Waals surface area contributed by atoms with E-state index in [2.05, 4.69) is 15.6 Å². The van der Waals surface area contributed by atoms with Gasteiger partial charge < -0.3 is 16.4 Å². The monoisotopic (exact) mass is 224 g/mol. The lowest BCUT2D eigenvalue weighted by Gasteiger charge is -2.23. The first-order chi connectivity index (χ1) is 7.16. The molecule has 0 spiro atoms. The molecule has 1 aromatic rings. The van der Waals surface area contributed by atoms with E-state index < -0.39 is 6.17 Å². The van der Waals surface area contributed by atoms with Gasteiger partial charge in [-0.05, 0) is 18.3 Å². The molecule has 4 nitrogen and oxygen atoms in total. The van der Waals surface area contributed by atoms with Crippen LogP contribution in [0.4, 0.5) is 4.39 Å². The molecule has 0 bridgehead atoms. The van der Waals surface area contributed by atoms with Crippen molar-refractivity contribution >= 4 is 23.3 Å². The van der Waals surface area contributed by atoms with Crippen LogP contribution >= 0.6 is 12.2 Å². The van der Waals surface area contributed by atoms with E-state index in [9.17, 15) is 4.39 Å². The first-order valence-corrected chi connectivity index (χ1v) is 4.73. The lowest BCUT2D eigenvalue weighted by Crippen LogP contribution is -2.49. The van der Waals surface area contributed by atoms with Gasteiger partial charge in [-0.2, -0.15) is 0 Å². The van der Waals surface area contributed by atoms with Crippen molar-refractivity contribution < 1.29 is 4.39 Å². The Morgan fingerprint density at radius 2 is 2.13 bits per heavy atom. The first kappa shape index (κ1) is 9.85. The van der Waals surface area contributed by atoms with E-state index in [1.165, 1.54) is 6.07 Å². The molecule has 0 aromatic heterocycles. The Morgan fingerprint density at radius 1 is 1.40 bits per heavy atom. The fourth-order valence-corrected chi connectivity index (χ4v) is 1.54. The summed E-state index contributed by atoms with van der Waals surface area (Å²) in [5, 5.41) is 5.78. The number of benzene rings is 1. The van der Waals surface area contributed by atoms with Crippen molar-refractivity contribution in [3.63, 3.8) is 0 Å². The number of nitrogens with one attached hydrogen (secondary N) is 2. The van der Waals surface area contributed by atoms with Gasteiger partial charge in [-0.25, -0.2) is 9.38 Å². The van der Waals surface area contributed by atoms with Crippen molar-refractivity contribution in [2.24, 2.45) is 10.7 Å². The summed E-state index contributed by atoms with van der Waals surface area (Å²) < 4.78 is 13.4. The summed E-state index contributed by atoms with van der Waals surface area (Å²) in [7, 11) is 0. The number of hydrogen-bond donors (Lipinski definition) is 3. The molecule has 1 aliphatic heterocycles. The molecule has 0 saturated heterocycles. The van der Waals surface area contributed by atoms with Crippen LogP contribution in [0.3, 0.4) is 0 Å². The average molecular weight is 224 g/mol. The number of rotatable bonds is 1. The van der Waals surface area contributed by atoms with Gasteiger partial charge in [0.1, 0.15) is 5.82 Å². The van der Waals surface area contributed by atoms with Gasteiger partial charge in [0.25, 0.3) is 0 Å². The molecule has 0 radical (unpaired) electrons. The Labute approximate surface area is 91.4 Å². The number of guanidine groups is 1. The highest BCUT2D eigenvalue weighted by molar-refractivity contribution is 7.80. The highest BCUT2D eigenvalue weighted by Gasteiger charge is 2.19. The molecular weight excluding hydrogens is 215 g/mol. The normalized spacial score (nSPS) is 20.2. The fraction of sp³-hybridized carbons (Fsp3) is 0.111. The lowest BCUT2D eigenvalue weighted by atomic mass is 10.1. The second-order valence-electron chi connectivity index (χ2n) is 3.04. The number of halogens is 1. The molecular formula is C9H9FN4S. The topological polar surface area (TPSA) is 62.4 Å². The van der Waals surface area contributed by atoms with Crippen molar-refractivity contribution in [1.82, 2.24) is 10.6 Å². The molecule has 1 aromatic carbocycles. The Kier molecular flexibility index (Phi) is 2.51. The summed E-state index contributed by atoms with van der Waals surface area (Å²) >= 11 is 4.90. The van der Waals surface area contributed by atoms with Gasteiger partial charge in [0.15, 0.2) is 17.2 Å². The zero-order valence-corrected chi connectivity index (χ0v) is 8.51. The van der Waals surface area contributed by atoms with E-state index in [0.29, 0.717) is 10.7 Å². The number of nitrogens with two attached hydrogens (primary N) is 1. The maximum atomic E-state index is 13.4. The van der Waals surface area contributed by atoms with Crippen molar-refractivity contribution in [2.45, 2.75) is 6.17 Å². The highest BCUT2D eigenvalue weighted by Crippen LogP contribution is 2.18. The van der Waals surface area contributed by atoms with Crippen molar-refractivity contribution in [1.29, 1.82) is 0 Å². The third-order valence-electron chi connectivity index (χ3n) is 1.98. The molecule has 78 valence electrons. The van der Waals surface area contributed by atoms with E-state index in [-0.39, 0.29) is 11.8 Å². The minimum atomic E-state index is -0.556. The van der Waals surface area contributed by atoms with Crippen molar-refractivity contribution in [3.8, 4) is 0 Å². The lowest BCUT2D eigenvalue weighted by molar-refractivity contribution is 0.564. The summed E-state index contributed by atoms with van der Waals surface area (Å²) in [6.07, 6.45) is -0.556. The van der Waals surface area contributed by atoms with Gasteiger partial charge >= 0.3 is 0 Å². The summed E-state index contributed by atoms with van der Waals surface area (Å²) in [5.74, 6) is -0.150. The van der Waals surface area contributed by atoms with Crippen LogP contribution in [0.2, 0.25) is 0 Å². The van der Waals surface area contributed by atoms with Crippen LogP contribution in [0, 0.1) is 5.82 Å². The minimum absolute atomic E-state index is 0.187. The van der Waals surface area contributed by atoms with Crippen LogP contribution in [0.1, 0.15) is 11.7 Å². The Morgan fingerprint density at radius 3 is 2.80 bits per heavy atom. The largest absolute Gasteiger partial charge is 0.370 e. The van der Waals surface area contributed by atoms with Crippen LogP contribution in [0.5, 0.6) is 0 Å². The zero-order valence-electron chi connectivity index (χ0n) is 7.70. The third kappa shape index (κ3) is 2.04. The van der Waals surface area contributed by atoms with Gasteiger partial charge in [0.05, 0.1) is 0 Å². The second kappa shape index (κ2) is 3.82. The van der Waals surface area contributed by atoms with Gasteiger partial charge in [-0.15, -0.1) is 0 Å². The molecule has 4 N–H and O–H groups in total. The van der Waals surface area contributed by atoms with Gasteiger partial charge in [-0.3, -0.25) is 0 Å². The van der Waals surface area contributed by atoms with Crippen LogP contribution in [0.25, 0.3) is 0 Å². The number of hydrogen-bond acceptors (Lipinski definition) is 3. The third-order valence-corrected chi connectivity index (χ3v) is 2.20. The molecule has 1 unspecified atom stereocenters. The van der Waals surface area contributed by atoms with Gasteiger partial charge in [0.2, 0.25) is 0 Å². The van der Waals surface area contributed by atoms with E-state index in [1.807, 2.05) is 0 Å². The number of aliphatic imine (C=N–C) groups is 1. The highest BCUT2D eigenvalue weighted by atomic mass is 32.1. The molecule has 1 aliphatic rings. The molecule has 6 heteroatoms. The number of thiocarbonyl (C=S) groups is 1. The van der Waals surface area contributed by atoms with Crippen LogP contribution in [-0.2, 0) is 0 Å². The SMILES string of the molecule is NC1=NC(c2ccccc2F)NC(=S)N1. The molecule has 1 atom stereocenters. The van der Waals surface area contributed by atoms with Crippen LogP contribution < -0.4 is 16.4 Å². The fourth-order valence-electron chi connectivity index (χ4n) is 1.32. The average Bonchev–Trinajstić information content (AvgIpc) is 2.16. The summed E-state index contributed by atoms with van der Waals surface area (Å²) in [6.45, 7) is 0. The molecule has 1 heterocycles. The maximum absolute atomic E-state index is 13.4. The molecule has 15 heavy (non-hydrogen) atoms.